The molecule has 0 saturated carbocycles. The maximum absolute atomic E-state index is 11.7. The maximum atomic E-state index is 11.7. The number of benzene rings is 1. The number of rotatable bonds is 2. The molecule has 5 heteroatoms. The van der Waals surface area contributed by atoms with Crippen molar-refractivity contribution >= 4 is 27.9 Å². The third-order valence-electron chi connectivity index (χ3n) is 1.95. The lowest BCUT2D eigenvalue weighted by Crippen LogP contribution is -2.11. The molecule has 0 aliphatic heterocycles. The van der Waals surface area contributed by atoms with Crippen LogP contribution in [0.1, 0.15) is 16.1 Å². The van der Waals surface area contributed by atoms with Gasteiger partial charge in [0.05, 0.1) is 5.69 Å². The Morgan fingerprint density at radius 1 is 1.38 bits per heavy atom. The van der Waals surface area contributed by atoms with Crippen LogP contribution in [-0.4, -0.2) is 10.9 Å². The van der Waals surface area contributed by atoms with Crippen molar-refractivity contribution in [2.24, 2.45) is 0 Å². The first-order valence-corrected chi connectivity index (χ1v) is 5.43. The van der Waals surface area contributed by atoms with E-state index in [2.05, 4.69) is 26.2 Å². The fourth-order valence-electron chi connectivity index (χ4n) is 1.18. The minimum Gasteiger partial charge on any atom is -0.432 e. The van der Waals surface area contributed by atoms with Gasteiger partial charge in [-0.15, -0.1) is 0 Å². The summed E-state index contributed by atoms with van der Waals surface area (Å²) in [7, 11) is 0. The normalized spacial score (nSPS) is 10.1. The number of carbonyl (C=O) groups is 1. The van der Waals surface area contributed by atoms with Gasteiger partial charge in [0.1, 0.15) is 6.26 Å². The molecule has 2 rings (SSSR count). The number of anilines is 1. The summed E-state index contributed by atoms with van der Waals surface area (Å²) in [5, 5.41) is 2.57. The van der Waals surface area contributed by atoms with Crippen LogP contribution >= 0.6 is 15.9 Å². The van der Waals surface area contributed by atoms with Crippen molar-refractivity contribution in [2.75, 3.05) is 5.32 Å². The Labute approximate surface area is 101 Å². The van der Waals surface area contributed by atoms with Gasteiger partial charge in [0.2, 0.25) is 0 Å². The quantitative estimate of drug-likeness (QED) is 0.920. The summed E-state index contributed by atoms with van der Waals surface area (Å²) in [6, 6.07) is 7.25. The van der Waals surface area contributed by atoms with E-state index in [1.165, 1.54) is 6.26 Å². The monoisotopic (exact) mass is 280 g/mol. The molecule has 0 aliphatic carbocycles. The van der Waals surface area contributed by atoms with Gasteiger partial charge in [-0.05, 0) is 31.2 Å². The third kappa shape index (κ3) is 2.49. The number of hydrogen-bond donors (Lipinski definition) is 1. The van der Waals surface area contributed by atoms with Crippen LogP contribution in [0.4, 0.5) is 6.01 Å². The fraction of sp³-hybridized carbons (Fsp3) is 0.0909. The Morgan fingerprint density at radius 2 is 2.06 bits per heavy atom. The van der Waals surface area contributed by atoms with Crippen molar-refractivity contribution in [1.29, 1.82) is 0 Å². The number of aromatic nitrogens is 1. The van der Waals surface area contributed by atoms with Gasteiger partial charge >= 0.3 is 6.01 Å². The Morgan fingerprint density at radius 3 is 2.62 bits per heavy atom. The number of aryl methyl sites for hydroxylation is 1. The average Bonchev–Trinajstić information content (AvgIpc) is 2.65. The van der Waals surface area contributed by atoms with E-state index in [0.29, 0.717) is 5.56 Å². The second kappa shape index (κ2) is 4.49. The first kappa shape index (κ1) is 10.9. The lowest BCUT2D eigenvalue weighted by Gasteiger charge is -2.00. The number of nitrogens with one attached hydrogen (secondary N) is 1. The first-order chi connectivity index (χ1) is 7.65. The van der Waals surface area contributed by atoms with E-state index in [1.807, 2.05) is 0 Å². The van der Waals surface area contributed by atoms with E-state index < -0.39 is 0 Å². The molecule has 0 bridgehead atoms. The molecule has 1 aromatic heterocycles. The maximum Gasteiger partial charge on any atom is 0.301 e. The van der Waals surface area contributed by atoms with E-state index in [-0.39, 0.29) is 11.9 Å². The van der Waals surface area contributed by atoms with Crippen LogP contribution in [-0.2, 0) is 0 Å². The van der Waals surface area contributed by atoms with E-state index in [1.54, 1.807) is 31.2 Å². The molecule has 82 valence electrons. The first-order valence-electron chi connectivity index (χ1n) is 4.64. The van der Waals surface area contributed by atoms with Gasteiger partial charge in [-0.2, -0.15) is 4.98 Å². The highest BCUT2D eigenvalue weighted by Gasteiger charge is 2.08. The summed E-state index contributed by atoms with van der Waals surface area (Å²) in [6.07, 6.45) is 1.48. The van der Waals surface area contributed by atoms with Gasteiger partial charge < -0.3 is 4.42 Å². The third-order valence-corrected chi connectivity index (χ3v) is 2.47. The molecule has 0 spiro atoms. The molecule has 0 radical (unpaired) electrons. The Bertz CT molecular complexity index is 505. The number of amides is 1. The molecule has 1 heterocycles. The highest BCUT2D eigenvalue weighted by molar-refractivity contribution is 9.10. The average molecular weight is 281 g/mol. The van der Waals surface area contributed by atoms with Gasteiger partial charge in [-0.3, -0.25) is 10.1 Å². The topological polar surface area (TPSA) is 55.1 Å². The highest BCUT2D eigenvalue weighted by atomic mass is 79.9. The smallest absolute Gasteiger partial charge is 0.301 e. The van der Waals surface area contributed by atoms with Crippen molar-refractivity contribution in [3.05, 3.63) is 46.3 Å². The number of hydrogen-bond acceptors (Lipinski definition) is 3. The Kier molecular flexibility index (Phi) is 3.05. The SMILES string of the molecule is Cc1coc(NC(=O)c2ccc(Br)cc2)n1. The molecular formula is C11H9BrN2O2. The van der Waals surface area contributed by atoms with Gasteiger partial charge in [0, 0.05) is 10.0 Å². The molecule has 0 fully saturated rings. The predicted molar refractivity (Wildman–Crippen MR) is 63.3 cm³/mol. The summed E-state index contributed by atoms with van der Waals surface area (Å²) in [5.74, 6) is -0.241. The highest BCUT2D eigenvalue weighted by Crippen LogP contribution is 2.12. The number of oxazole rings is 1. The zero-order chi connectivity index (χ0) is 11.5. The van der Waals surface area contributed by atoms with E-state index in [9.17, 15) is 4.79 Å². The zero-order valence-electron chi connectivity index (χ0n) is 8.53. The molecule has 0 saturated heterocycles. The van der Waals surface area contributed by atoms with Crippen LogP contribution in [0, 0.1) is 6.92 Å². The summed E-state index contributed by atoms with van der Waals surface area (Å²) in [5.41, 5.74) is 1.28. The number of halogens is 1. The zero-order valence-corrected chi connectivity index (χ0v) is 10.1. The summed E-state index contributed by atoms with van der Waals surface area (Å²) >= 11 is 3.30. The summed E-state index contributed by atoms with van der Waals surface area (Å²) in [4.78, 5) is 15.7. The molecule has 1 amide bonds. The van der Waals surface area contributed by atoms with Crippen LogP contribution < -0.4 is 5.32 Å². The number of nitrogens with zero attached hydrogens (tertiary/aromatic N) is 1. The lowest BCUT2D eigenvalue weighted by atomic mass is 10.2. The second-order valence-corrected chi connectivity index (χ2v) is 4.17. The molecular weight excluding hydrogens is 272 g/mol. The number of carbonyl (C=O) groups excluding carboxylic acids is 1. The van der Waals surface area contributed by atoms with Crippen molar-refractivity contribution in [1.82, 2.24) is 4.98 Å². The molecule has 0 aliphatic rings. The van der Waals surface area contributed by atoms with Crippen LogP contribution in [0.15, 0.2) is 39.4 Å². The standard InChI is InChI=1S/C11H9BrN2O2/c1-7-6-16-11(13-7)14-10(15)8-2-4-9(12)5-3-8/h2-6H,1H3,(H,13,14,15). The van der Waals surface area contributed by atoms with Crippen LogP contribution in [0.3, 0.4) is 0 Å². The van der Waals surface area contributed by atoms with E-state index in [4.69, 9.17) is 4.42 Å². The van der Waals surface area contributed by atoms with Crippen molar-refractivity contribution in [3.63, 3.8) is 0 Å². The van der Waals surface area contributed by atoms with Gasteiger partial charge in [-0.25, -0.2) is 0 Å². The molecule has 0 unspecified atom stereocenters. The van der Waals surface area contributed by atoms with Gasteiger partial charge in [0.25, 0.3) is 5.91 Å². The van der Waals surface area contributed by atoms with Crippen LogP contribution in [0.5, 0.6) is 0 Å². The predicted octanol–water partition coefficient (Wildman–Crippen LogP) is 3.00. The largest absolute Gasteiger partial charge is 0.432 e. The minimum absolute atomic E-state index is 0.213. The Hall–Kier alpha value is -1.62. The van der Waals surface area contributed by atoms with Crippen molar-refractivity contribution in [3.8, 4) is 0 Å². The molecule has 0 atom stereocenters. The van der Waals surface area contributed by atoms with E-state index in [0.717, 1.165) is 10.2 Å². The molecule has 1 aromatic carbocycles. The molecule has 1 N–H and O–H groups in total. The Balaban J connectivity index is 2.11. The van der Waals surface area contributed by atoms with Crippen LogP contribution in [0.2, 0.25) is 0 Å². The summed E-state index contributed by atoms with van der Waals surface area (Å²) < 4.78 is 5.95. The van der Waals surface area contributed by atoms with Crippen LogP contribution in [0.25, 0.3) is 0 Å². The fourth-order valence-corrected chi connectivity index (χ4v) is 1.45. The molecule has 16 heavy (non-hydrogen) atoms. The molecule has 4 nitrogen and oxygen atoms in total. The minimum atomic E-state index is -0.241. The van der Waals surface area contributed by atoms with Gasteiger partial charge in [0.15, 0.2) is 0 Å². The lowest BCUT2D eigenvalue weighted by molar-refractivity contribution is 0.102. The second-order valence-electron chi connectivity index (χ2n) is 3.26. The van der Waals surface area contributed by atoms with Gasteiger partial charge in [-0.1, -0.05) is 15.9 Å². The van der Waals surface area contributed by atoms with Crippen molar-refractivity contribution in [2.45, 2.75) is 6.92 Å². The molecule has 2 aromatic rings. The van der Waals surface area contributed by atoms with Crippen molar-refractivity contribution < 1.29 is 9.21 Å². The van der Waals surface area contributed by atoms with E-state index >= 15 is 0 Å². The summed E-state index contributed by atoms with van der Waals surface area (Å²) in [6.45, 7) is 1.79.